The van der Waals surface area contributed by atoms with Gasteiger partial charge in [-0.05, 0) is 0 Å². The van der Waals surface area contributed by atoms with Crippen LogP contribution < -0.4 is 0 Å². The highest BCUT2D eigenvalue weighted by Gasteiger charge is 2.63. The summed E-state index contributed by atoms with van der Waals surface area (Å²) in [5.74, 6) is -3.33. The Hall–Kier alpha value is -0.460. The number of epoxide rings is 1. The number of hydrogen-bond donors (Lipinski definition) is 0. The van der Waals surface area contributed by atoms with Crippen molar-refractivity contribution in [1.82, 2.24) is 0 Å². The van der Waals surface area contributed by atoms with Crippen LogP contribution in [0.5, 0.6) is 0 Å². The normalized spacial score (nSPS) is 24.8. The van der Waals surface area contributed by atoms with Crippen LogP contribution in [0.25, 0.3) is 0 Å². The first kappa shape index (κ1) is 9.63. The molecule has 1 rings (SSSR count). The molecular weight excluding hydrogens is 190 g/mol. The van der Waals surface area contributed by atoms with Crippen molar-refractivity contribution in [3.8, 4) is 0 Å². The minimum atomic E-state index is -5.26. The van der Waals surface area contributed by atoms with Crippen molar-refractivity contribution in [1.29, 1.82) is 0 Å². The van der Waals surface area contributed by atoms with Crippen LogP contribution in [0.4, 0.5) is 26.3 Å². The fourth-order valence-corrected chi connectivity index (χ4v) is 0.855. The Morgan fingerprint density at radius 3 is 1.42 bits per heavy atom. The molecule has 1 aliphatic heterocycles. The molecule has 1 unspecified atom stereocenters. The van der Waals surface area contributed by atoms with E-state index >= 15 is 0 Å². The average molecular weight is 194 g/mol. The molecule has 0 spiro atoms. The van der Waals surface area contributed by atoms with Crippen molar-refractivity contribution < 1.29 is 31.1 Å². The maximum atomic E-state index is 11.7. The van der Waals surface area contributed by atoms with E-state index in [0.717, 1.165) is 0 Å². The molecule has 1 fully saturated rings. The van der Waals surface area contributed by atoms with Gasteiger partial charge >= 0.3 is 12.4 Å². The molecule has 0 aromatic carbocycles. The van der Waals surface area contributed by atoms with Gasteiger partial charge in [0, 0.05) is 0 Å². The molecule has 72 valence electrons. The summed E-state index contributed by atoms with van der Waals surface area (Å²) in [6.45, 7) is -0.469. The first-order chi connectivity index (χ1) is 5.23. The van der Waals surface area contributed by atoms with E-state index in [4.69, 9.17) is 0 Å². The van der Waals surface area contributed by atoms with Crippen molar-refractivity contribution in [2.45, 2.75) is 18.5 Å². The Bertz CT molecular complexity index is 152. The van der Waals surface area contributed by atoms with Crippen LogP contribution in [0.3, 0.4) is 0 Å². The largest absolute Gasteiger partial charge is 0.403 e. The maximum absolute atomic E-state index is 11.7. The SMILES string of the molecule is FC(F)(F)C(C1CO1)C(F)(F)F. The molecule has 0 aromatic heterocycles. The lowest BCUT2D eigenvalue weighted by Crippen LogP contribution is -2.40. The van der Waals surface area contributed by atoms with Crippen molar-refractivity contribution in [2.24, 2.45) is 5.92 Å². The molecule has 0 N–H and O–H groups in total. The first-order valence-corrected chi connectivity index (χ1v) is 2.98. The van der Waals surface area contributed by atoms with E-state index in [-0.39, 0.29) is 0 Å². The average Bonchev–Trinajstić information content (AvgIpc) is 2.38. The second kappa shape index (κ2) is 2.51. The van der Waals surface area contributed by atoms with Gasteiger partial charge in [0.05, 0.1) is 6.61 Å². The maximum Gasteiger partial charge on any atom is 0.403 e. The number of hydrogen-bond acceptors (Lipinski definition) is 1. The van der Waals surface area contributed by atoms with Crippen LogP contribution in [-0.2, 0) is 4.74 Å². The molecule has 7 heteroatoms. The molecule has 1 nitrogen and oxygen atoms in total. The number of ether oxygens (including phenoxy) is 1. The number of halogens is 6. The summed E-state index contributed by atoms with van der Waals surface area (Å²) >= 11 is 0. The third-order valence-electron chi connectivity index (χ3n) is 1.44. The Balaban J connectivity index is 2.74. The van der Waals surface area contributed by atoms with E-state index in [0.29, 0.717) is 0 Å². The molecule has 1 heterocycles. The summed E-state index contributed by atoms with van der Waals surface area (Å²) in [5, 5.41) is 0. The van der Waals surface area contributed by atoms with Gasteiger partial charge < -0.3 is 4.74 Å². The fraction of sp³-hybridized carbons (Fsp3) is 1.00. The predicted octanol–water partition coefficient (Wildman–Crippen LogP) is 2.13. The summed E-state index contributed by atoms with van der Waals surface area (Å²) in [5.41, 5.74) is 0. The van der Waals surface area contributed by atoms with Crippen molar-refractivity contribution in [3.05, 3.63) is 0 Å². The van der Waals surface area contributed by atoms with Crippen LogP contribution in [0, 0.1) is 5.92 Å². The van der Waals surface area contributed by atoms with Gasteiger partial charge in [-0.15, -0.1) is 0 Å². The van der Waals surface area contributed by atoms with Gasteiger partial charge in [0.25, 0.3) is 0 Å². The van der Waals surface area contributed by atoms with Gasteiger partial charge in [-0.2, -0.15) is 26.3 Å². The highest BCUT2D eigenvalue weighted by molar-refractivity contribution is 4.89. The van der Waals surface area contributed by atoms with Crippen LogP contribution in [0.2, 0.25) is 0 Å². The smallest absolute Gasteiger partial charge is 0.372 e. The van der Waals surface area contributed by atoms with E-state index in [1.54, 1.807) is 0 Å². The van der Waals surface area contributed by atoms with Gasteiger partial charge in [-0.1, -0.05) is 0 Å². The van der Waals surface area contributed by atoms with Gasteiger partial charge in [0.15, 0.2) is 5.92 Å². The monoisotopic (exact) mass is 194 g/mol. The van der Waals surface area contributed by atoms with E-state index in [1.165, 1.54) is 0 Å². The molecule has 0 amide bonds. The lowest BCUT2D eigenvalue weighted by Gasteiger charge is -2.20. The molecule has 0 bridgehead atoms. The van der Waals surface area contributed by atoms with Crippen molar-refractivity contribution in [2.75, 3.05) is 6.61 Å². The topological polar surface area (TPSA) is 12.5 Å². The molecular formula is C5H4F6O. The molecule has 0 radical (unpaired) electrons. The van der Waals surface area contributed by atoms with Gasteiger partial charge in [0.2, 0.25) is 0 Å². The van der Waals surface area contributed by atoms with E-state index in [9.17, 15) is 26.3 Å². The first-order valence-electron chi connectivity index (χ1n) is 2.98. The molecule has 0 aliphatic carbocycles. The molecule has 1 saturated heterocycles. The molecule has 0 aromatic rings. The molecule has 1 aliphatic rings. The minimum Gasteiger partial charge on any atom is -0.372 e. The number of rotatable bonds is 1. The minimum absolute atomic E-state index is 0.469. The van der Waals surface area contributed by atoms with Crippen LogP contribution >= 0.6 is 0 Å². The summed E-state index contributed by atoms with van der Waals surface area (Å²) in [6.07, 6.45) is -12.3. The Morgan fingerprint density at radius 2 is 1.33 bits per heavy atom. The Morgan fingerprint density at radius 1 is 1.00 bits per heavy atom. The van der Waals surface area contributed by atoms with Crippen LogP contribution in [0.15, 0.2) is 0 Å². The summed E-state index contributed by atoms with van der Waals surface area (Å²) in [7, 11) is 0. The van der Waals surface area contributed by atoms with Crippen molar-refractivity contribution >= 4 is 0 Å². The highest BCUT2D eigenvalue weighted by atomic mass is 19.4. The van der Waals surface area contributed by atoms with E-state index in [2.05, 4.69) is 4.74 Å². The van der Waals surface area contributed by atoms with E-state index in [1.807, 2.05) is 0 Å². The summed E-state index contributed by atoms with van der Waals surface area (Å²) in [4.78, 5) is 0. The molecule has 12 heavy (non-hydrogen) atoms. The van der Waals surface area contributed by atoms with Crippen LogP contribution in [-0.4, -0.2) is 25.1 Å². The lowest BCUT2D eigenvalue weighted by atomic mass is 10.1. The van der Waals surface area contributed by atoms with Gasteiger partial charge in [-0.3, -0.25) is 0 Å². The van der Waals surface area contributed by atoms with E-state index < -0.39 is 31.0 Å². The van der Waals surface area contributed by atoms with Gasteiger partial charge in [0.1, 0.15) is 6.10 Å². The lowest BCUT2D eigenvalue weighted by molar-refractivity contribution is -0.288. The number of alkyl halides is 6. The zero-order chi connectivity index (χ0) is 9.57. The predicted molar refractivity (Wildman–Crippen MR) is 25.3 cm³/mol. The molecule has 0 saturated carbocycles. The quantitative estimate of drug-likeness (QED) is 0.460. The standard InChI is InChI=1S/C5H4F6O/c6-4(7,8)3(2-1-12-2)5(9,10)11/h2-3H,1H2. The second-order valence-corrected chi connectivity index (χ2v) is 2.43. The zero-order valence-corrected chi connectivity index (χ0v) is 5.54. The second-order valence-electron chi connectivity index (χ2n) is 2.43. The Labute approximate surface area is 63.3 Å². The fourth-order valence-electron chi connectivity index (χ4n) is 0.855. The van der Waals surface area contributed by atoms with Crippen molar-refractivity contribution in [3.63, 3.8) is 0 Å². The van der Waals surface area contributed by atoms with Crippen LogP contribution in [0.1, 0.15) is 0 Å². The highest BCUT2D eigenvalue weighted by Crippen LogP contribution is 2.45. The third-order valence-corrected chi connectivity index (χ3v) is 1.44. The summed E-state index contributed by atoms with van der Waals surface area (Å²) in [6, 6.07) is 0. The Kier molecular flexibility index (Phi) is 2.02. The molecule has 1 atom stereocenters. The van der Waals surface area contributed by atoms with Gasteiger partial charge in [-0.25, -0.2) is 0 Å². The summed E-state index contributed by atoms with van der Waals surface area (Å²) < 4.78 is 74.2. The zero-order valence-electron chi connectivity index (χ0n) is 5.54. The third kappa shape index (κ3) is 2.02.